The number of imidazole rings is 1. The third-order valence-corrected chi connectivity index (χ3v) is 5.52. The Hall–Kier alpha value is -3.81. The van der Waals surface area contributed by atoms with Crippen molar-refractivity contribution in [1.82, 2.24) is 34.3 Å². The number of aryl methyl sites for hydroxylation is 2. The van der Waals surface area contributed by atoms with E-state index in [1.54, 1.807) is 19.5 Å². The van der Waals surface area contributed by atoms with Crippen LogP contribution in [0.2, 0.25) is 0 Å². The van der Waals surface area contributed by atoms with Crippen molar-refractivity contribution < 1.29 is 4.74 Å². The minimum atomic E-state index is 0.234. The molecule has 0 aliphatic heterocycles. The van der Waals surface area contributed by atoms with E-state index in [1.807, 2.05) is 53.9 Å². The van der Waals surface area contributed by atoms with E-state index in [1.165, 1.54) is 0 Å². The molecule has 0 aromatic carbocycles. The molecule has 5 aromatic rings. The smallest absolute Gasteiger partial charge is 0.156 e. The highest BCUT2D eigenvalue weighted by Crippen LogP contribution is 2.32. The third kappa shape index (κ3) is 3.02. The zero-order chi connectivity index (χ0) is 21.7. The number of hydrogen-bond donors (Lipinski definition) is 0. The van der Waals surface area contributed by atoms with Crippen LogP contribution in [0.1, 0.15) is 31.2 Å². The molecule has 156 valence electrons. The Labute approximate surface area is 179 Å². The molecule has 5 aromatic heterocycles. The van der Waals surface area contributed by atoms with Crippen molar-refractivity contribution in [3.05, 3.63) is 54.5 Å². The molecule has 0 bridgehead atoms. The van der Waals surface area contributed by atoms with Crippen LogP contribution >= 0.6 is 0 Å². The van der Waals surface area contributed by atoms with Crippen LogP contribution in [0.5, 0.6) is 5.75 Å². The fourth-order valence-corrected chi connectivity index (χ4v) is 3.90. The van der Waals surface area contributed by atoms with E-state index in [0.29, 0.717) is 0 Å². The van der Waals surface area contributed by atoms with Gasteiger partial charge in [-0.25, -0.2) is 14.6 Å². The normalized spacial score (nSPS) is 11.7. The minimum absolute atomic E-state index is 0.234. The van der Waals surface area contributed by atoms with E-state index >= 15 is 0 Å². The van der Waals surface area contributed by atoms with E-state index in [9.17, 15) is 0 Å². The van der Waals surface area contributed by atoms with Gasteiger partial charge in [0.15, 0.2) is 5.82 Å². The van der Waals surface area contributed by atoms with Crippen LogP contribution in [0.3, 0.4) is 0 Å². The third-order valence-electron chi connectivity index (χ3n) is 5.52. The predicted molar refractivity (Wildman–Crippen MR) is 120 cm³/mol. The maximum atomic E-state index is 5.52. The molecular weight excluding hydrogens is 390 g/mol. The summed E-state index contributed by atoms with van der Waals surface area (Å²) in [5.41, 5.74) is 6.33. The molecule has 0 radical (unpaired) electrons. The molecule has 0 atom stereocenters. The number of methoxy groups -OCH3 is 1. The molecule has 0 spiro atoms. The van der Waals surface area contributed by atoms with Gasteiger partial charge in [-0.05, 0) is 25.0 Å². The summed E-state index contributed by atoms with van der Waals surface area (Å²) in [4.78, 5) is 18.5. The van der Waals surface area contributed by atoms with Crippen molar-refractivity contribution >= 4 is 21.9 Å². The minimum Gasteiger partial charge on any atom is -0.496 e. The number of aromatic nitrogens is 7. The van der Waals surface area contributed by atoms with Gasteiger partial charge in [-0.15, -0.1) is 0 Å². The van der Waals surface area contributed by atoms with Gasteiger partial charge in [-0.3, -0.25) is 9.97 Å². The van der Waals surface area contributed by atoms with Gasteiger partial charge in [-0.1, -0.05) is 13.8 Å². The fraction of sp³-hybridized carbons (Fsp3) is 0.261. The summed E-state index contributed by atoms with van der Waals surface area (Å²) in [5.74, 6) is 1.71. The highest BCUT2D eigenvalue weighted by atomic mass is 16.5. The summed E-state index contributed by atoms with van der Waals surface area (Å²) in [6, 6.07) is 5.88. The second kappa shape index (κ2) is 7.16. The van der Waals surface area contributed by atoms with E-state index in [0.717, 1.165) is 56.1 Å². The predicted octanol–water partition coefficient (Wildman–Crippen LogP) is 4.20. The van der Waals surface area contributed by atoms with Crippen molar-refractivity contribution in [3.8, 4) is 22.8 Å². The molecule has 0 fully saturated rings. The fourth-order valence-electron chi connectivity index (χ4n) is 3.90. The van der Waals surface area contributed by atoms with Crippen LogP contribution in [0.4, 0.5) is 0 Å². The molecule has 5 rings (SSSR count). The summed E-state index contributed by atoms with van der Waals surface area (Å²) >= 11 is 0. The second-order valence-corrected chi connectivity index (χ2v) is 7.90. The lowest BCUT2D eigenvalue weighted by Crippen LogP contribution is -2.05. The van der Waals surface area contributed by atoms with Crippen molar-refractivity contribution in [2.24, 2.45) is 7.05 Å². The molecular formula is C23H23N7O. The zero-order valence-electron chi connectivity index (χ0n) is 18.2. The first-order chi connectivity index (χ1) is 15.0. The molecule has 0 unspecified atom stereocenters. The Morgan fingerprint density at radius 1 is 1.06 bits per heavy atom. The summed E-state index contributed by atoms with van der Waals surface area (Å²) < 4.78 is 9.40. The molecule has 5 heterocycles. The van der Waals surface area contributed by atoms with Crippen LogP contribution < -0.4 is 4.74 Å². The van der Waals surface area contributed by atoms with Crippen LogP contribution in [0.25, 0.3) is 39.0 Å². The average Bonchev–Trinajstić information content (AvgIpc) is 3.37. The standard InChI is InChI=1S/C23H23N7O/c1-13(2)22-23-19(29(4)12-25-23)9-21(28-22)30-18-8-17(27-14(3)15(18)11-26-30)16-10-24-7-6-20(16)31-5/h6-13H,1-5H3. The maximum absolute atomic E-state index is 5.52. The first-order valence-corrected chi connectivity index (χ1v) is 10.1. The maximum Gasteiger partial charge on any atom is 0.156 e. The van der Waals surface area contributed by atoms with Gasteiger partial charge in [0, 0.05) is 36.6 Å². The van der Waals surface area contributed by atoms with Crippen molar-refractivity contribution in [2.75, 3.05) is 7.11 Å². The molecule has 8 nitrogen and oxygen atoms in total. The lowest BCUT2D eigenvalue weighted by Gasteiger charge is -2.12. The number of ether oxygens (including phenoxy) is 1. The highest BCUT2D eigenvalue weighted by Gasteiger charge is 2.18. The highest BCUT2D eigenvalue weighted by molar-refractivity contribution is 5.87. The summed E-state index contributed by atoms with van der Waals surface area (Å²) in [5, 5.41) is 5.64. The zero-order valence-corrected chi connectivity index (χ0v) is 18.2. The Bertz CT molecular complexity index is 1430. The van der Waals surface area contributed by atoms with E-state index in [2.05, 4.69) is 28.9 Å². The van der Waals surface area contributed by atoms with Crippen LogP contribution in [0.15, 0.2) is 43.1 Å². The summed E-state index contributed by atoms with van der Waals surface area (Å²) in [6.07, 6.45) is 7.14. The molecule has 8 heteroatoms. The Morgan fingerprint density at radius 2 is 1.90 bits per heavy atom. The molecule has 0 aliphatic rings. The molecule has 0 aliphatic carbocycles. The average molecular weight is 413 g/mol. The van der Waals surface area contributed by atoms with Gasteiger partial charge in [0.1, 0.15) is 11.3 Å². The van der Waals surface area contributed by atoms with Gasteiger partial charge >= 0.3 is 0 Å². The topological polar surface area (TPSA) is 83.5 Å². The number of fused-ring (bicyclic) bond motifs is 2. The SMILES string of the molecule is COc1ccncc1-c1cc2c(cnn2-c2cc3c(ncn3C)c(C(C)C)n2)c(C)n1. The van der Waals surface area contributed by atoms with E-state index in [-0.39, 0.29) is 5.92 Å². The van der Waals surface area contributed by atoms with Crippen LogP contribution in [-0.2, 0) is 7.05 Å². The monoisotopic (exact) mass is 413 g/mol. The molecule has 0 saturated carbocycles. The largest absolute Gasteiger partial charge is 0.496 e. The van der Waals surface area contributed by atoms with Crippen LogP contribution in [-0.4, -0.2) is 41.4 Å². The lowest BCUT2D eigenvalue weighted by molar-refractivity contribution is 0.416. The van der Waals surface area contributed by atoms with Gasteiger partial charge in [0.2, 0.25) is 0 Å². The first kappa shape index (κ1) is 19.2. The van der Waals surface area contributed by atoms with Gasteiger partial charge in [0.25, 0.3) is 0 Å². The Kier molecular flexibility index (Phi) is 4.43. The first-order valence-electron chi connectivity index (χ1n) is 10.1. The Balaban J connectivity index is 1.77. The number of nitrogens with zero attached hydrogens (tertiary/aromatic N) is 7. The van der Waals surface area contributed by atoms with Crippen molar-refractivity contribution in [2.45, 2.75) is 26.7 Å². The van der Waals surface area contributed by atoms with Gasteiger partial charge in [-0.2, -0.15) is 5.10 Å². The summed E-state index contributed by atoms with van der Waals surface area (Å²) in [7, 11) is 3.64. The summed E-state index contributed by atoms with van der Waals surface area (Å²) in [6.45, 7) is 6.24. The molecule has 0 amide bonds. The number of rotatable bonds is 4. The quantitative estimate of drug-likeness (QED) is 0.439. The number of pyridine rings is 3. The van der Waals surface area contributed by atoms with E-state index < -0.39 is 0 Å². The van der Waals surface area contributed by atoms with E-state index in [4.69, 9.17) is 14.7 Å². The number of hydrogen-bond acceptors (Lipinski definition) is 6. The molecule has 0 saturated heterocycles. The van der Waals surface area contributed by atoms with Crippen molar-refractivity contribution in [3.63, 3.8) is 0 Å². The Morgan fingerprint density at radius 3 is 2.68 bits per heavy atom. The second-order valence-electron chi connectivity index (χ2n) is 7.90. The van der Waals surface area contributed by atoms with Crippen molar-refractivity contribution in [1.29, 1.82) is 0 Å². The van der Waals surface area contributed by atoms with Crippen LogP contribution in [0, 0.1) is 6.92 Å². The molecule has 0 N–H and O–H groups in total. The lowest BCUT2D eigenvalue weighted by atomic mass is 10.1. The van der Waals surface area contributed by atoms with Gasteiger partial charge < -0.3 is 9.30 Å². The molecule has 31 heavy (non-hydrogen) atoms. The van der Waals surface area contributed by atoms with Gasteiger partial charge in [0.05, 0.1) is 47.6 Å².